The molecule has 3 aromatic carbocycles. The molecule has 1 aliphatic heterocycles. The van der Waals surface area contributed by atoms with Crippen LogP contribution >= 0.6 is 39.3 Å². The number of aliphatic imine (C=N–C) groups is 1. The maximum absolute atomic E-state index is 12.4. The molecule has 0 spiro atoms. The predicted molar refractivity (Wildman–Crippen MR) is 134 cm³/mol. The Labute approximate surface area is 203 Å². The second kappa shape index (κ2) is 10.3. The van der Waals surface area contributed by atoms with E-state index < -0.39 is 0 Å². The normalized spacial score (nSPS) is 15.8. The van der Waals surface area contributed by atoms with Crippen LogP contribution in [0.15, 0.2) is 81.1 Å². The van der Waals surface area contributed by atoms with E-state index in [4.69, 9.17) is 21.1 Å². The molecule has 1 fully saturated rings. The lowest BCUT2D eigenvalue weighted by Crippen LogP contribution is -2.19. The lowest BCUT2D eigenvalue weighted by molar-refractivity contribution is -0.115. The number of carbonyl (C=O) groups excluding carboxylic acids is 1. The van der Waals surface area contributed by atoms with Gasteiger partial charge in [-0.15, -0.1) is 0 Å². The molecule has 5 nitrogen and oxygen atoms in total. The van der Waals surface area contributed by atoms with E-state index in [1.54, 1.807) is 25.3 Å². The summed E-state index contributed by atoms with van der Waals surface area (Å²) in [4.78, 5) is 17.4. The summed E-state index contributed by atoms with van der Waals surface area (Å²) in [7, 11) is 1.56. The van der Waals surface area contributed by atoms with Crippen molar-refractivity contribution in [2.45, 2.75) is 6.61 Å². The van der Waals surface area contributed by atoms with Crippen molar-refractivity contribution in [2.24, 2.45) is 4.99 Å². The molecule has 0 radical (unpaired) electrons. The number of hydrogen-bond acceptors (Lipinski definition) is 5. The number of halogens is 2. The first kappa shape index (κ1) is 22.5. The smallest absolute Gasteiger partial charge is 0.264 e. The van der Waals surface area contributed by atoms with Crippen molar-refractivity contribution in [1.29, 1.82) is 0 Å². The molecule has 0 unspecified atom stereocenters. The van der Waals surface area contributed by atoms with Gasteiger partial charge < -0.3 is 14.8 Å². The Balaban J connectivity index is 1.43. The van der Waals surface area contributed by atoms with Crippen LogP contribution in [0.5, 0.6) is 11.5 Å². The third kappa shape index (κ3) is 5.73. The minimum atomic E-state index is -0.203. The number of amides is 1. The summed E-state index contributed by atoms with van der Waals surface area (Å²) < 4.78 is 12.2. The number of benzene rings is 3. The van der Waals surface area contributed by atoms with Gasteiger partial charge in [0.15, 0.2) is 5.17 Å². The SMILES string of the molecule is COc1ccc(Cl)cc1N=C1NC(=O)/C(=C/c2ccc(OCc3ccc(Br)cc3)cc2)S1. The molecule has 3 aromatic rings. The zero-order valence-corrected chi connectivity index (χ0v) is 20.1. The third-order valence-corrected chi connectivity index (χ3v) is 6.18. The van der Waals surface area contributed by atoms with Crippen LogP contribution in [0.1, 0.15) is 11.1 Å². The van der Waals surface area contributed by atoms with E-state index in [-0.39, 0.29) is 5.91 Å². The number of nitrogens with one attached hydrogen (secondary N) is 1. The number of carbonyl (C=O) groups is 1. The summed E-state index contributed by atoms with van der Waals surface area (Å²) in [6.45, 7) is 0.485. The van der Waals surface area contributed by atoms with Gasteiger partial charge in [0.25, 0.3) is 5.91 Å². The first-order valence-electron chi connectivity index (χ1n) is 9.60. The van der Waals surface area contributed by atoms with Crippen LogP contribution in [0, 0.1) is 0 Å². The lowest BCUT2D eigenvalue weighted by atomic mass is 10.2. The zero-order chi connectivity index (χ0) is 22.5. The van der Waals surface area contributed by atoms with Gasteiger partial charge in [0, 0.05) is 9.50 Å². The van der Waals surface area contributed by atoms with Crippen molar-refractivity contribution in [3.63, 3.8) is 0 Å². The number of amidine groups is 1. The van der Waals surface area contributed by atoms with Crippen molar-refractivity contribution >= 4 is 62.1 Å². The molecule has 1 heterocycles. The summed E-state index contributed by atoms with van der Waals surface area (Å²) in [6, 6.07) is 20.7. The molecule has 0 atom stereocenters. The number of hydrogen-bond donors (Lipinski definition) is 1. The molecule has 1 N–H and O–H groups in total. The maximum Gasteiger partial charge on any atom is 0.264 e. The number of methoxy groups -OCH3 is 1. The van der Waals surface area contributed by atoms with Gasteiger partial charge in [-0.05, 0) is 71.4 Å². The average molecular weight is 530 g/mol. The molecule has 162 valence electrons. The number of rotatable bonds is 6. The zero-order valence-electron chi connectivity index (χ0n) is 17.0. The Bertz CT molecular complexity index is 1190. The summed E-state index contributed by atoms with van der Waals surface area (Å²) in [6.07, 6.45) is 1.82. The van der Waals surface area contributed by atoms with Crippen LogP contribution in [0.3, 0.4) is 0 Å². The van der Waals surface area contributed by atoms with E-state index in [9.17, 15) is 4.79 Å². The van der Waals surface area contributed by atoms with E-state index in [0.717, 1.165) is 21.3 Å². The fraction of sp³-hybridized carbons (Fsp3) is 0.0833. The molecule has 0 bridgehead atoms. The molecule has 8 heteroatoms. The van der Waals surface area contributed by atoms with E-state index in [2.05, 4.69) is 26.2 Å². The molecule has 0 saturated carbocycles. The largest absolute Gasteiger partial charge is 0.494 e. The van der Waals surface area contributed by atoms with Crippen LogP contribution in [0.4, 0.5) is 5.69 Å². The molecular weight excluding hydrogens is 512 g/mol. The van der Waals surface area contributed by atoms with Gasteiger partial charge in [0.1, 0.15) is 23.8 Å². The van der Waals surface area contributed by atoms with Gasteiger partial charge in [0.2, 0.25) is 0 Å². The van der Waals surface area contributed by atoms with Crippen molar-refractivity contribution in [3.8, 4) is 11.5 Å². The van der Waals surface area contributed by atoms with Gasteiger partial charge in [-0.2, -0.15) is 0 Å². The maximum atomic E-state index is 12.4. The second-order valence-electron chi connectivity index (χ2n) is 6.78. The molecule has 0 aromatic heterocycles. The minimum absolute atomic E-state index is 0.203. The molecular formula is C24H18BrClN2O3S. The Morgan fingerprint density at radius 2 is 1.84 bits per heavy atom. The van der Waals surface area contributed by atoms with Crippen LogP contribution in [0.25, 0.3) is 6.08 Å². The highest BCUT2D eigenvalue weighted by molar-refractivity contribution is 9.10. The minimum Gasteiger partial charge on any atom is -0.494 e. The monoisotopic (exact) mass is 528 g/mol. The van der Waals surface area contributed by atoms with Gasteiger partial charge in [-0.1, -0.05) is 51.8 Å². The quantitative estimate of drug-likeness (QED) is 0.366. The van der Waals surface area contributed by atoms with E-state index in [1.807, 2.05) is 54.6 Å². The van der Waals surface area contributed by atoms with E-state index in [1.165, 1.54) is 11.8 Å². The molecule has 0 aliphatic carbocycles. The van der Waals surface area contributed by atoms with Crippen molar-refractivity contribution < 1.29 is 14.3 Å². The Morgan fingerprint density at radius 3 is 2.56 bits per heavy atom. The Kier molecular flexibility index (Phi) is 7.19. The van der Waals surface area contributed by atoms with E-state index in [0.29, 0.717) is 33.1 Å². The highest BCUT2D eigenvalue weighted by Crippen LogP contribution is 2.34. The molecule has 1 saturated heterocycles. The van der Waals surface area contributed by atoms with Crippen molar-refractivity contribution in [1.82, 2.24) is 5.32 Å². The highest BCUT2D eigenvalue weighted by Gasteiger charge is 2.24. The van der Waals surface area contributed by atoms with Crippen LogP contribution < -0.4 is 14.8 Å². The fourth-order valence-electron chi connectivity index (χ4n) is 2.90. The molecule has 1 amide bonds. The number of nitrogens with zero attached hydrogens (tertiary/aromatic N) is 1. The summed E-state index contributed by atoms with van der Waals surface area (Å²) in [5, 5.41) is 3.78. The highest BCUT2D eigenvalue weighted by atomic mass is 79.9. The average Bonchev–Trinajstić information content (AvgIpc) is 3.13. The van der Waals surface area contributed by atoms with Gasteiger partial charge in [0.05, 0.1) is 12.0 Å². The Morgan fingerprint density at radius 1 is 1.09 bits per heavy atom. The van der Waals surface area contributed by atoms with Gasteiger partial charge in [-0.3, -0.25) is 4.79 Å². The van der Waals surface area contributed by atoms with Crippen LogP contribution in [-0.2, 0) is 11.4 Å². The number of thioether (sulfide) groups is 1. The Hall–Kier alpha value is -2.74. The van der Waals surface area contributed by atoms with Crippen LogP contribution in [0.2, 0.25) is 5.02 Å². The van der Waals surface area contributed by atoms with Gasteiger partial charge in [-0.25, -0.2) is 4.99 Å². The van der Waals surface area contributed by atoms with Crippen molar-refractivity contribution in [2.75, 3.05) is 7.11 Å². The van der Waals surface area contributed by atoms with Crippen LogP contribution in [-0.4, -0.2) is 18.2 Å². The molecule has 1 aliphatic rings. The predicted octanol–water partition coefficient (Wildman–Crippen LogP) is 6.58. The summed E-state index contributed by atoms with van der Waals surface area (Å²) in [5.74, 6) is 1.13. The first-order valence-corrected chi connectivity index (χ1v) is 11.6. The van der Waals surface area contributed by atoms with Gasteiger partial charge >= 0.3 is 0 Å². The molecule has 32 heavy (non-hydrogen) atoms. The summed E-state index contributed by atoms with van der Waals surface area (Å²) in [5.41, 5.74) is 2.53. The molecule has 4 rings (SSSR count). The second-order valence-corrected chi connectivity index (χ2v) is 9.16. The van der Waals surface area contributed by atoms with Crippen molar-refractivity contribution in [3.05, 3.63) is 92.3 Å². The third-order valence-electron chi connectivity index (χ3n) is 4.51. The first-order chi connectivity index (χ1) is 15.5. The topological polar surface area (TPSA) is 59.9 Å². The standard InChI is InChI=1S/C24H18BrClN2O3S/c1-30-21-11-8-18(26)13-20(21)27-24-28-23(29)22(32-24)12-15-4-9-19(10-5-15)31-14-16-2-6-17(25)7-3-16/h2-13H,14H2,1H3,(H,27,28,29)/b22-12-. The summed E-state index contributed by atoms with van der Waals surface area (Å²) >= 11 is 10.7. The lowest BCUT2D eigenvalue weighted by Gasteiger charge is -2.07. The van der Waals surface area contributed by atoms with E-state index >= 15 is 0 Å². The fourth-order valence-corrected chi connectivity index (χ4v) is 4.16. The number of ether oxygens (including phenoxy) is 2.